The molecule has 0 saturated heterocycles. The molecule has 0 bridgehead atoms. The molecule has 0 aliphatic carbocycles. The predicted octanol–water partition coefficient (Wildman–Crippen LogP) is 3.04. The first-order valence-corrected chi connectivity index (χ1v) is 5.74. The van der Waals surface area contributed by atoms with Gasteiger partial charge in [-0.25, -0.2) is 9.78 Å². The molecule has 76 valence electrons. The predicted molar refractivity (Wildman–Crippen MR) is 59.9 cm³/mol. The topological polar surface area (TPSA) is 50.2 Å². The average Bonchev–Trinajstić information content (AvgIpc) is 2.07. The SMILES string of the molecule is CC(C)Sc1nc(C(=O)O)ccc1Br. The monoisotopic (exact) mass is 275 g/mol. The zero-order valence-electron chi connectivity index (χ0n) is 7.82. The molecule has 0 aliphatic heterocycles. The third-order valence-electron chi connectivity index (χ3n) is 1.38. The summed E-state index contributed by atoms with van der Waals surface area (Å²) in [5.41, 5.74) is 0.0800. The van der Waals surface area contributed by atoms with Gasteiger partial charge in [0.2, 0.25) is 0 Å². The summed E-state index contributed by atoms with van der Waals surface area (Å²) in [4.78, 5) is 14.7. The van der Waals surface area contributed by atoms with E-state index < -0.39 is 5.97 Å². The highest BCUT2D eigenvalue weighted by Gasteiger charge is 2.10. The van der Waals surface area contributed by atoms with Crippen LogP contribution in [0.1, 0.15) is 24.3 Å². The molecule has 1 rings (SSSR count). The second kappa shape index (κ2) is 4.79. The fourth-order valence-corrected chi connectivity index (χ4v) is 2.13. The first-order valence-electron chi connectivity index (χ1n) is 4.07. The van der Waals surface area contributed by atoms with Gasteiger partial charge < -0.3 is 5.11 Å². The lowest BCUT2D eigenvalue weighted by Crippen LogP contribution is -2.01. The molecule has 5 heteroatoms. The Morgan fingerprint density at radius 2 is 2.21 bits per heavy atom. The summed E-state index contributed by atoms with van der Waals surface area (Å²) in [6.45, 7) is 4.07. The number of carbonyl (C=O) groups is 1. The van der Waals surface area contributed by atoms with E-state index in [4.69, 9.17) is 5.11 Å². The Morgan fingerprint density at radius 1 is 1.57 bits per heavy atom. The van der Waals surface area contributed by atoms with Crippen molar-refractivity contribution in [3.05, 3.63) is 22.3 Å². The van der Waals surface area contributed by atoms with Gasteiger partial charge in [-0.1, -0.05) is 13.8 Å². The van der Waals surface area contributed by atoms with Crippen LogP contribution in [0.4, 0.5) is 0 Å². The fraction of sp³-hybridized carbons (Fsp3) is 0.333. The third-order valence-corrected chi connectivity index (χ3v) is 3.29. The number of aromatic carboxylic acids is 1. The Hall–Kier alpha value is -0.550. The van der Waals surface area contributed by atoms with Gasteiger partial charge in [0.1, 0.15) is 10.7 Å². The summed E-state index contributed by atoms with van der Waals surface area (Å²) in [5.74, 6) is -0.997. The molecule has 0 radical (unpaired) electrons. The van der Waals surface area contributed by atoms with Crippen molar-refractivity contribution in [3.8, 4) is 0 Å². The van der Waals surface area contributed by atoms with Gasteiger partial charge in [0.15, 0.2) is 0 Å². The largest absolute Gasteiger partial charge is 0.477 e. The second-order valence-corrected chi connectivity index (χ2v) is 5.37. The molecule has 0 atom stereocenters. The molecule has 0 saturated carbocycles. The minimum Gasteiger partial charge on any atom is -0.477 e. The van der Waals surface area contributed by atoms with Crippen LogP contribution in [-0.2, 0) is 0 Å². The Balaban J connectivity index is 3.02. The number of halogens is 1. The molecule has 0 spiro atoms. The van der Waals surface area contributed by atoms with Gasteiger partial charge >= 0.3 is 5.97 Å². The maximum atomic E-state index is 10.7. The highest BCUT2D eigenvalue weighted by molar-refractivity contribution is 9.10. The third kappa shape index (κ3) is 2.99. The lowest BCUT2D eigenvalue weighted by Gasteiger charge is -2.06. The minimum absolute atomic E-state index is 0.0800. The van der Waals surface area contributed by atoms with Crippen molar-refractivity contribution in [1.82, 2.24) is 4.98 Å². The number of hydrogen-bond donors (Lipinski definition) is 1. The van der Waals surface area contributed by atoms with Crippen LogP contribution in [0.5, 0.6) is 0 Å². The van der Waals surface area contributed by atoms with E-state index in [1.54, 1.807) is 6.07 Å². The molecule has 14 heavy (non-hydrogen) atoms. The maximum Gasteiger partial charge on any atom is 0.354 e. The molecule has 0 fully saturated rings. The van der Waals surface area contributed by atoms with Crippen LogP contribution in [0, 0.1) is 0 Å². The Labute approximate surface area is 95.1 Å². The summed E-state index contributed by atoms with van der Waals surface area (Å²) >= 11 is 4.87. The Morgan fingerprint density at radius 3 is 2.71 bits per heavy atom. The molecule has 1 aromatic rings. The zero-order valence-corrected chi connectivity index (χ0v) is 10.2. The average molecular weight is 276 g/mol. The van der Waals surface area contributed by atoms with E-state index in [0.29, 0.717) is 5.25 Å². The van der Waals surface area contributed by atoms with E-state index in [2.05, 4.69) is 20.9 Å². The number of carboxylic acids is 1. The van der Waals surface area contributed by atoms with Crippen molar-refractivity contribution >= 4 is 33.7 Å². The number of aromatic nitrogens is 1. The Bertz CT molecular complexity index is 355. The molecule has 0 unspecified atom stereocenters. The van der Waals surface area contributed by atoms with E-state index in [0.717, 1.165) is 9.50 Å². The lowest BCUT2D eigenvalue weighted by atomic mass is 10.4. The van der Waals surface area contributed by atoms with Gasteiger partial charge in [-0.15, -0.1) is 11.8 Å². The molecule has 0 aliphatic rings. The van der Waals surface area contributed by atoms with Gasteiger partial charge in [0.25, 0.3) is 0 Å². The van der Waals surface area contributed by atoms with Gasteiger partial charge in [0, 0.05) is 9.72 Å². The van der Waals surface area contributed by atoms with Crippen molar-refractivity contribution in [2.24, 2.45) is 0 Å². The molecule has 3 nitrogen and oxygen atoms in total. The number of rotatable bonds is 3. The van der Waals surface area contributed by atoms with Gasteiger partial charge in [-0.05, 0) is 28.1 Å². The molecular formula is C9H10BrNO2S. The zero-order chi connectivity index (χ0) is 10.7. The molecule has 1 heterocycles. The molecular weight excluding hydrogens is 266 g/mol. The number of carboxylic acid groups (broad SMARTS) is 1. The normalized spacial score (nSPS) is 10.6. The van der Waals surface area contributed by atoms with Crippen LogP contribution in [-0.4, -0.2) is 21.3 Å². The summed E-state index contributed by atoms with van der Waals surface area (Å²) in [6.07, 6.45) is 0. The summed E-state index contributed by atoms with van der Waals surface area (Å²) < 4.78 is 0.834. The maximum absolute atomic E-state index is 10.7. The number of hydrogen-bond acceptors (Lipinski definition) is 3. The van der Waals surface area contributed by atoms with Crippen LogP contribution in [0.3, 0.4) is 0 Å². The standard InChI is InChI=1S/C9H10BrNO2S/c1-5(2)14-8-6(10)3-4-7(11-8)9(12)13/h3-5H,1-2H3,(H,12,13). The molecule has 0 aromatic carbocycles. The van der Waals surface area contributed by atoms with Crippen molar-refractivity contribution in [2.45, 2.75) is 24.1 Å². The first-order chi connectivity index (χ1) is 6.50. The van der Waals surface area contributed by atoms with E-state index in [9.17, 15) is 4.79 Å². The Kier molecular flexibility index (Phi) is 3.95. The van der Waals surface area contributed by atoms with E-state index >= 15 is 0 Å². The molecule has 1 aromatic heterocycles. The van der Waals surface area contributed by atoms with Crippen LogP contribution in [0.2, 0.25) is 0 Å². The van der Waals surface area contributed by atoms with Crippen LogP contribution < -0.4 is 0 Å². The van der Waals surface area contributed by atoms with Gasteiger partial charge in [-0.2, -0.15) is 0 Å². The quantitative estimate of drug-likeness (QED) is 0.862. The van der Waals surface area contributed by atoms with Crippen molar-refractivity contribution in [1.29, 1.82) is 0 Å². The van der Waals surface area contributed by atoms with E-state index in [1.807, 2.05) is 13.8 Å². The number of thioether (sulfide) groups is 1. The van der Waals surface area contributed by atoms with E-state index in [-0.39, 0.29) is 5.69 Å². The fourth-order valence-electron chi connectivity index (χ4n) is 0.848. The first kappa shape index (κ1) is 11.5. The van der Waals surface area contributed by atoms with Gasteiger partial charge in [-0.3, -0.25) is 0 Å². The summed E-state index contributed by atoms with van der Waals surface area (Å²) in [7, 11) is 0. The number of nitrogens with zero attached hydrogens (tertiary/aromatic N) is 1. The van der Waals surface area contributed by atoms with Crippen molar-refractivity contribution in [2.75, 3.05) is 0 Å². The highest BCUT2D eigenvalue weighted by Crippen LogP contribution is 2.28. The number of pyridine rings is 1. The molecule has 1 N–H and O–H groups in total. The van der Waals surface area contributed by atoms with E-state index in [1.165, 1.54) is 17.8 Å². The van der Waals surface area contributed by atoms with Crippen molar-refractivity contribution < 1.29 is 9.90 Å². The van der Waals surface area contributed by atoms with Crippen molar-refractivity contribution in [3.63, 3.8) is 0 Å². The molecule has 0 amide bonds. The lowest BCUT2D eigenvalue weighted by molar-refractivity contribution is 0.0689. The second-order valence-electron chi connectivity index (χ2n) is 2.96. The van der Waals surface area contributed by atoms with Crippen LogP contribution in [0.25, 0.3) is 0 Å². The summed E-state index contributed by atoms with van der Waals surface area (Å²) in [5, 5.41) is 9.85. The summed E-state index contributed by atoms with van der Waals surface area (Å²) in [6, 6.07) is 3.19. The van der Waals surface area contributed by atoms with Gasteiger partial charge in [0.05, 0.1) is 0 Å². The smallest absolute Gasteiger partial charge is 0.354 e. The van der Waals surface area contributed by atoms with Crippen LogP contribution >= 0.6 is 27.7 Å². The highest BCUT2D eigenvalue weighted by atomic mass is 79.9. The minimum atomic E-state index is -0.997. The van der Waals surface area contributed by atoms with Crippen LogP contribution in [0.15, 0.2) is 21.6 Å².